The molecule has 1 unspecified atom stereocenters. The minimum Gasteiger partial charge on any atom is -0.493 e. The number of aromatic amines is 1. The van der Waals surface area contributed by atoms with E-state index in [0.717, 1.165) is 5.56 Å². The normalized spacial score (nSPS) is 15.4. The highest BCUT2D eigenvalue weighted by Crippen LogP contribution is 2.30. The fourth-order valence-corrected chi connectivity index (χ4v) is 3.60. The molecule has 0 radical (unpaired) electrons. The summed E-state index contributed by atoms with van der Waals surface area (Å²) < 4.78 is 16.4. The van der Waals surface area contributed by atoms with Gasteiger partial charge in [0.2, 0.25) is 0 Å². The quantitative estimate of drug-likeness (QED) is 0.524. The fourth-order valence-electron chi connectivity index (χ4n) is 3.60. The molecule has 2 N–H and O–H groups in total. The number of ether oxygens (including phenoxy) is 3. The molecule has 0 aliphatic carbocycles. The van der Waals surface area contributed by atoms with E-state index < -0.39 is 12.2 Å². The van der Waals surface area contributed by atoms with Gasteiger partial charge in [-0.05, 0) is 42.3 Å². The summed E-state index contributed by atoms with van der Waals surface area (Å²) in [5, 5.41) is 15.1. The molecule has 0 saturated heterocycles. The van der Waals surface area contributed by atoms with Gasteiger partial charge >= 0.3 is 6.09 Å². The average Bonchev–Trinajstić information content (AvgIpc) is 3.41. The molecule has 1 aromatic heterocycles. The smallest absolute Gasteiger partial charge is 0.431 e. The Hall–Kier alpha value is -4.34. The summed E-state index contributed by atoms with van der Waals surface area (Å²) >= 11 is 0. The van der Waals surface area contributed by atoms with Gasteiger partial charge in [-0.1, -0.05) is 25.1 Å². The standard InChI is InChI=1S/C24H25N5O5/c1-4-19-22(15-9-10-20(32-2)21(13-15)33-3)28-29(24(31)34-19)14-16-7-5-6-8-17(16)26-23(30)18-11-12-25-27-18/h5-13,19H,4,14H2,1-3H3,(H,25,27)(H,26,30). The molecule has 4 rings (SSSR count). The molecular formula is C24H25N5O5. The summed E-state index contributed by atoms with van der Waals surface area (Å²) in [7, 11) is 3.12. The molecule has 176 valence electrons. The lowest BCUT2D eigenvalue weighted by atomic mass is 10.0. The van der Waals surface area contributed by atoms with E-state index in [2.05, 4.69) is 20.6 Å². The topological polar surface area (TPSA) is 118 Å². The predicted octanol–water partition coefficient (Wildman–Crippen LogP) is 3.81. The monoisotopic (exact) mass is 463 g/mol. The first-order valence-corrected chi connectivity index (χ1v) is 10.7. The van der Waals surface area contributed by atoms with Gasteiger partial charge in [-0.2, -0.15) is 15.2 Å². The third-order valence-corrected chi connectivity index (χ3v) is 5.37. The molecule has 0 saturated carbocycles. The molecule has 1 aliphatic heterocycles. The summed E-state index contributed by atoms with van der Waals surface area (Å²) in [5.74, 6) is 0.797. The van der Waals surface area contributed by atoms with Crippen molar-refractivity contribution in [1.29, 1.82) is 0 Å². The van der Waals surface area contributed by atoms with Crippen molar-refractivity contribution in [2.45, 2.75) is 26.0 Å². The second-order valence-corrected chi connectivity index (χ2v) is 7.47. The van der Waals surface area contributed by atoms with Crippen molar-refractivity contribution in [2.75, 3.05) is 19.5 Å². The largest absolute Gasteiger partial charge is 0.493 e. The molecule has 0 fully saturated rings. The van der Waals surface area contributed by atoms with E-state index in [4.69, 9.17) is 14.2 Å². The Bertz CT molecular complexity index is 1210. The molecule has 2 amide bonds. The van der Waals surface area contributed by atoms with Crippen LogP contribution in [0, 0.1) is 0 Å². The van der Waals surface area contributed by atoms with Crippen molar-refractivity contribution in [1.82, 2.24) is 15.2 Å². The number of nitrogens with zero attached hydrogens (tertiary/aromatic N) is 3. The maximum absolute atomic E-state index is 12.7. The zero-order chi connectivity index (χ0) is 24.1. The van der Waals surface area contributed by atoms with Gasteiger partial charge in [0, 0.05) is 17.4 Å². The van der Waals surface area contributed by atoms with E-state index >= 15 is 0 Å². The first-order valence-electron chi connectivity index (χ1n) is 10.7. The lowest BCUT2D eigenvalue weighted by Crippen LogP contribution is -2.41. The second-order valence-electron chi connectivity index (χ2n) is 7.47. The molecule has 3 aromatic rings. The number of carbonyl (C=O) groups is 2. The SMILES string of the molecule is CCC1OC(=O)N(Cc2ccccc2NC(=O)c2ccn[nH]2)N=C1c1ccc(OC)c(OC)c1. The Labute approximate surface area is 196 Å². The number of amides is 2. The van der Waals surface area contributed by atoms with Gasteiger partial charge in [-0.15, -0.1) is 0 Å². The maximum Gasteiger partial charge on any atom is 0.431 e. The van der Waals surface area contributed by atoms with Crippen molar-refractivity contribution in [2.24, 2.45) is 5.10 Å². The highest BCUT2D eigenvalue weighted by Gasteiger charge is 2.31. The Morgan fingerprint density at radius 3 is 2.65 bits per heavy atom. The van der Waals surface area contributed by atoms with Gasteiger partial charge in [0.1, 0.15) is 17.5 Å². The van der Waals surface area contributed by atoms with Gasteiger partial charge < -0.3 is 19.5 Å². The number of cyclic esters (lactones) is 1. The van der Waals surface area contributed by atoms with Crippen LogP contribution in [0.2, 0.25) is 0 Å². The van der Waals surface area contributed by atoms with Crippen LogP contribution in [-0.2, 0) is 11.3 Å². The number of hydrogen-bond acceptors (Lipinski definition) is 7. The van der Waals surface area contributed by atoms with Crippen molar-refractivity contribution < 1.29 is 23.8 Å². The van der Waals surface area contributed by atoms with Crippen LogP contribution < -0.4 is 14.8 Å². The Kier molecular flexibility index (Phi) is 6.77. The number of aromatic nitrogens is 2. The van der Waals surface area contributed by atoms with Crippen molar-refractivity contribution in [3.05, 3.63) is 71.5 Å². The Morgan fingerprint density at radius 1 is 1.15 bits per heavy atom. The van der Waals surface area contributed by atoms with E-state index in [1.165, 1.54) is 11.2 Å². The number of nitrogens with one attached hydrogen (secondary N) is 2. The average molecular weight is 463 g/mol. The fraction of sp³-hybridized carbons (Fsp3) is 0.250. The number of hydrazone groups is 1. The third-order valence-electron chi connectivity index (χ3n) is 5.37. The molecule has 10 nitrogen and oxygen atoms in total. The lowest BCUT2D eigenvalue weighted by Gasteiger charge is -2.30. The van der Waals surface area contributed by atoms with Crippen LogP contribution in [-0.4, -0.2) is 53.2 Å². The maximum atomic E-state index is 12.7. The molecule has 1 aliphatic rings. The van der Waals surface area contributed by atoms with Gasteiger partial charge in [-0.3, -0.25) is 9.89 Å². The number of carbonyl (C=O) groups excluding carboxylic acids is 2. The molecule has 10 heteroatoms. The van der Waals surface area contributed by atoms with Crippen LogP contribution in [0.1, 0.15) is 35.0 Å². The number of anilines is 1. The number of benzene rings is 2. The lowest BCUT2D eigenvalue weighted by molar-refractivity contribution is 0.0713. The van der Waals surface area contributed by atoms with E-state index in [0.29, 0.717) is 40.6 Å². The molecule has 2 aromatic carbocycles. The predicted molar refractivity (Wildman–Crippen MR) is 125 cm³/mol. The van der Waals surface area contributed by atoms with Crippen LogP contribution in [0.25, 0.3) is 0 Å². The van der Waals surface area contributed by atoms with Crippen LogP contribution >= 0.6 is 0 Å². The zero-order valence-corrected chi connectivity index (χ0v) is 19.1. The highest BCUT2D eigenvalue weighted by atomic mass is 16.6. The molecule has 0 bridgehead atoms. The molecule has 34 heavy (non-hydrogen) atoms. The summed E-state index contributed by atoms with van der Waals surface area (Å²) in [6, 6.07) is 14.2. The Balaban J connectivity index is 1.63. The van der Waals surface area contributed by atoms with Gasteiger partial charge in [0.15, 0.2) is 11.5 Å². The number of H-pyrrole nitrogens is 1. The summed E-state index contributed by atoms with van der Waals surface area (Å²) in [6.07, 6.45) is 0.992. The highest BCUT2D eigenvalue weighted by molar-refractivity contribution is 6.06. The van der Waals surface area contributed by atoms with E-state index in [1.54, 1.807) is 44.6 Å². The van der Waals surface area contributed by atoms with Gasteiger partial charge in [0.25, 0.3) is 5.91 Å². The minimum absolute atomic E-state index is 0.103. The van der Waals surface area contributed by atoms with Crippen LogP contribution in [0.5, 0.6) is 11.5 Å². The van der Waals surface area contributed by atoms with Gasteiger partial charge in [0.05, 0.1) is 20.8 Å². The van der Waals surface area contributed by atoms with Crippen molar-refractivity contribution in [3.8, 4) is 11.5 Å². The minimum atomic E-state index is -0.564. The number of hydrogen-bond donors (Lipinski definition) is 2. The molecule has 2 heterocycles. The van der Waals surface area contributed by atoms with Crippen LogP contribution in [0.15, 0.2) is 59.8 Å². The summed E-state index contributed by atoms with van der Waals surface area (Å²) in [6.45, 7) is 2.02. The first-order chi connectivity index (χ1) is 16.5. The van der Waals surface area contributed by atoms with Crippen LogP contribution in [0.3, 0.4) is 0 Å². The van der Waals surface area contributed by atoms with Crippen LogP contribution in [0.4, 0.5) is 10.5 Å². The van der Waals surface area contributed by atoms with E-state index in [9.17, 15) is 9.59 Å². The van der Waals surface area contributed by atoms with Gasteiger partial charge in [-0.25, -0.2) is 4.79 Å². The van der Waals surface area contributed by atoms with Crippen molar-refractivity contribution in [3.63, 3.8) is 0 Å². The third kappa shape index (κ3) is 4.70. The molecule has 1 atom stereocenters. The number of methoxy groups -OCH3 is 2. The second kappa shape index (κ2) is 10.1. The number of para-hydroxylation sites is 1. The first kappa shape index (κ1) is 22.8. The Morgan fingerprint density at radius 2 is 1.94 bits per heavy atom. The molecule has 0 spiro atoms. The van der Waals surface area contributed by atoms with E-state index in [1.807, 2.05) is 25.1 Å². The molecular weight excluding hydrogens is 438 g/mol. The summed E-state index contributed by atoms with van der Waals surface area (Å²) in [4.78, 5) is 25.2. The van der Waals surface area contributed by atoms with Crippen molar-refractivity contribution >= 4 is 23.4 Å². The zero-order valence-electron chi connectivity index (χ0n) is 19.1. The van der Waals surface area contributed by atoms with E-state index in [-0.39, 0.29) is 12.5 Å². The summed E-state index contributed by atoms with van der Waals surface area (Å²) in [5.41, 5.74) is 2.92. The number of rotatable bonds is 8.